The van der Waals surface area contributed by atoms with Crippen LogP contribution in [-0.2, 0) is 0 Å². The summed E-state index contributed by atoms with van der Waals surface area (Å²) < 4.78 is 16.4. The number of nitrogens with two attached hydrogens (primary N) is 1. The summed E-state index contributed by atoms with van der Waals surface area (Å²) in [5.74, 6) is 1.60. The van der Waals surface area contributed by atoms with Crippen molar-refractivity contribution >= 4 is 11.6 Å². The Labute approximate surface area is 147 Å². The first-order valence-corrected chi connectivity index (χ1v) is 8.12. The van der Waals surface area contributed by atoms with Gasteiger partial charge in [-0.1, -0.05) is 0 Å². The van der Waals surface area contributed by atoms with Gasteiger partial charge >= 0.3 is 0 Å². The van der Waals surface area contributed by atoms with Gasteiger partial charge in [-0.05, 0) is 56.3 Å². The standard InChI is InChI=1S/C19H24N2O4/c1-13(2)25-17-9-4-14(12-18(17)23-3)19(22)21-15-5-7-16(8-6-15)24-11-10-20/h4-9,12-13H,10-11,20H2,1-3H3,(H,21,22). The maximum atomic E-state index is 12.4. The van der Waals surface area contributed by atoms with Gasteiger partial charge in [0, 0.05) is 17.8 Å². The summed E-state index contributed by atoms with van der Waals surface area (Å²) in [7, 11) is 1.55. The van der Waals surface area contributed by atoms with E-state index in [1.807, 2.05) is 13.8 Å². The molecular formula is C19H24N2O4. The van der Waals surface area contributed by atoms with Crippen molar-refractivity contribution in [3.8, 4) is 17.2 Å². The molecule has 0 radical (unpaired) electrons. The second-order valence-electron chi connectivity index (χ2n) is 5.65. The Morgan fingerprint density at radius 3 is 2.44 bits per heavy atom. The summed E-state index contributed by atoms with van der Waals surface area (Å²) in [6.07, 6.45) is 0.0218. The molecule has 0 aromatic heterocycles. The van der Waals surface area contributed by atoms with Crippen LogP contribution in [-0.4, -0.2) is 32.3 Å². The van der Waals surface area contributed by atoms with E-state index in [1.54, 1.807) is 49.6 Å². The predicted molar refractivity (Wildman–Crippen MR) is 97.7 cm³/mol. The Hall–Kier alpha value is -2.73. The zero-order valence-corrected chi connectivity index (χ0v) is 14.7. The minimum atomic E-state index is -0.231. The molecule has 0 saturated carbocycles. The molecule has 0 saturated heterocycles. The van der Waals surface area contributed by atoms with Crippen molar-refractivity contribution in [1.82, 2.24) is 0 Å². The molecular weight excluding hydrogens is 320 g/mol. The lowest BCUT2D eigenvalue weighted by Gasteiger charge is -2.14. The largest absolute Gasteiger partial charge is 0.493 e. The van der Waals surface area contributed by atoms with Crippen molar-refractivity contribution in [2.45, 2.75) is 20.0 Å². The van der Waals surface area contributed by atoms with Gasteiger partial charge in [0.05, 0.1) is 13.2 Å². The van der Waals surface area contributed by atoms with Gasteiger partial charge in [0.15, 0.2) is 11.5 Å². The molecule has 6 nitrogen and oxygen atoms in total. The van der Waals surface area contributed by atoms with Crippen LogP contribution in [0.4, 0.5) is 5.69 Å². The number of methoxy groups -OCH3 is 1. The highest BCUT2D eigenvalue weighted by Gasteiger charge is 2.12. The lowest BCUT2D eigenvalue weighted by Crippen LogP contribution is -2.13. The van der Waals surface area contributed by atoms with Crippen LogP contribution in [0.3, 0.4) is 0 Å². The summed E-state index contributed by atoms with van der Waals surface area (Å²) in [6, 6.07) is 12.2. The van der Waals surface area contributed by atoms with Crippen LogP contribution in [0.15, 0.2) is 42.5 Å². The number of nitrogens with one attached hydrogen (secondary N) is 1. The number of carbonyl (C=O) groups excluding carboxylic acids is 1. The Kier molecular flexibility index (Phi) is 6.65. The van der Waals surface area contributed by atoms with Crippen LogP contribution in [0, 0.1) is 0 Å². The SMILES string of the molecule is COc1cc(C(=O)Nc2ccc(OCCN)cc2)ccc1OC(C)C. The van der Waals surface area contributed by atoms with E-state index < -0.39 is 0 Å². The molecule has 0 bridgehead atoms. The van der Waals surface area contributed by atoms with Gasteiger partial charge in [0.1, 0.15) is 12.4 Å². The summed E-state index contributed by atoms with van der Waals surface area (Å²) in [5, 5.41) is 2.84. The van der Waals surface area contributed by atoms with Crippen LogP contribution in [0.5, 0.6) is 17.2 Å². The van der Waals surface area contributed by atoms with E-state index in [-0.39, 0.29) is 12.0 Å². The molecule has 0 aliphatic carbocycles. The van der Waals surface area contributed by atoms with Gasteiger partial charge < -0.3 is 25.3 Å². The highest BCUT2D eigenvalue weighted by Crippen LogP contribution is 2.29. The zero-order valence-electron chi connectivity index (χ0n) is 14.7. The number of anilines is 1. The lowest BCUT2D eigenvalue weighted by molar-refractivity contribution is 0.102. The first-order valence-electron chi connectivity index (χ1n) is 8.12. The van der Waals surface area contributed by atoms with Crippen LogP contribution in [0.1, 0.15) is 24.2 Å². The second kappa shape index (κ2) is 8.94. The minimum absolute atomic E-state index is 0.0218. The summed E-state index contributed by atoms with van der Waals surface area (Å²) in [6.45, 7) is 4.77. The third kappa shape index (κ3) is 5.39. The number of ether oxygens (including phenoxy) is 3. The van der Waals surface area contributed by atoms with E-state index >= 15 is 0 Å². The maximum Gasteiger partial charge on any atom is 0.255 e. The van der Waals surface area contributed by atoms with Crippen molar-refractivity contribution < 1.29 is 19.0 Å². The molecule has 25 heavy (non-hydrogen) atoms. The molecule has 0 aliphatic heterocycles. The Morgan fingerprint density at radius 1 is 1.12 bits per heavy atom. The maximum absolute atomic E-state index is 12.4. The van der Waals surface area contributed by atoms with Gasteiger partial charge in [0.2, 0.25) is 0 Å². The Balaban J connectivity index is 2.07. The molecule has 0 unspecified atom stereocenters. The fraction of sp³-hybridized carbons (Fsp3) is 0.316. The van der Waals surface area contributed by atoms with Crippen LogP contribution >= 0.6 is 0 Å². The average Bonchev–Trinajstić information content (AvgIpc) is 2.61. The molecule has 3 N–H and O–H groups in total. The van der Waals surface area contributed by atoms with Gasteiger partial charge in [-0.25, -0.2) is 0 Å². The summed E-state index contributed by atoms with van der Waals surface area (Å²) in [5.41, 5.74) is 6.55. The zero-order chi connectivity index (χ0) is 18.2. The second-order valence-corrected chi connectivity index (χ2v) is 5.65. The Bertz CT molecular complexity index is 699. The molecule has 0 heterocycles. The third-order valence-corrected chi connectivity index (χ3v) is 3.29. The van der Waals surface area contributed by atoms with Gasteiger partial charge in [-0.2, -0.15) is 0 Å². The number of carbonyl (C=O) groups is 1. The first-order chi connectivity index (χ1) is 12.0. The van der Waals surface area contributed by atoms with Gasteiger partial charge in [-0.15, -0.1) is 0 Å². The lowest BCUT2D eigenvalue weighted by atomic mass is 10.1. The van der Waals surface area contributed by atoms with Crippen LogP contribution < -0.4 is 25.3 Å². The highest BCUT2D eigenvalue weighted by molar-refractivity contribution is 6.04. The monoisotopic (exact) mass is 344 g/mol. The fourth-order valence-electron chi connectivity index (χ4n) is 2.17. The smallest absolute Gasteiger partial charge is 0.255 e. The van der Waals surface area contributed by atoms with E-state index in [4.69, 9.17) is 19.9 Å². The summed E-state index contributed by atoms with van der Waals surface area (Å²) >= 11 is 0. The van der Waals surface area contributed by atoms with Crippen LogP contribution in [0.2, 0.25) is 0 Å². The van der Waals surface area contributed by atoms with Gasteiger partial charge in [0.25, 0.3) is 5.91 Å². The number of hydrogen-bond donors (Lipinski definition) is 2. The topological polar surface area (TPSA) is 82.8 Å². The van der Waals surface area contributed by atoms with E-state index in [9.17, 15) is 4.79 Å². The van der Waals surface area contributed by atoms with Gasteiger partial charge in [-0.3, -0.25) is 4.79 Å². The predicted octanol–water partition coefficient (Wildman–Crippen LogP) is 3.07. The molecule has 0 spiro atoms. The van der Waals surface area contributed by atoms with Crippen molar-refractivity contribution in [3.63, 3.8) is 0 Å². The van der Waals surface area contributed by atoms with Crippen molar-refractivity contribution in [2.75, 3.05) is 25.6 Å². The van der Waals surface area contributed by atoms with Crippen molar-refractivity contribution in [2.24, 2.45) is 5.73 Å². The molecule has 0 aliphatic rings. The Morgan fingerprint density at radius 2 is 1.84 bits per heavy atom. The minimum Gasteiger partial charge on any atom is -0.493 e. The van der Waals surface area contributed by atoms with Crippen molar-refractivity contribution in [3.05, 3.63) is 48.0 Å². The molecule has 134 valence electrons. The van der Waals surface area contributed by atoms with Crippen LogP contribution in [0.25, 0.3) is 0 Å². The number of rotatable bonds is 8. The molecule has 2 rings (SSSR count). The van der Waals surface area contributed by atoms with E-state index in [2.05, 4.69) is 5.32 Å². The first kappa shape index (κ1) is 18.6. The normalized spacial score (nSPS) is 10.4. The van der Waals surface area contributed by atoms with E-state index in [0.29, 0.717) is 41.7 Å². The average molecular weight is 344 g/mol. The van der Waals surface area contributed by atoms with E-state index in [1.165, 1.54) is 0 Å². The fourth-order valence-corrected chi connectivity index (χ4v) is 2.17. The number of amides is 1. The molecule has 0 atom stereocenters. The molecule has 2 aromatic carbocycles. The molecule has 0 fully saturated rings. The van der Waals surface area contributed by atoms with Crippen molar-refractivity contribution in [1.29, 1.82) is 0 Å². The molecule has 6 heteroatoms. The summed E-state index contributed by atoms with van der Waals surface area (Å²) in [4.78, 5) is 12.4. The third-order valence-electron chi connectivity index (χ3n) is 3.29. The number of hydrogen-bond acceptors (Lipinski definition) is 5. The quantitative estimate of drug-likeness (QED) is 0.769. The molecule has 1 amide bonds. The highest BCUT2D eigenvalue weighted by atomic mass is 16.5. The number of benzene rings is 2. The molecule has 2 aromatic rings. The van der Waals surface area contributed by atoms with E-state index in [0.717, 1.165) is 0 Å².